The summed E-state index contributed by atoms with van der Waals surface area (Å²) >= 11 is 1.60. The number of ether oxygens (including phenoxy) is 3. The van der Waals surface area contributed by atoms with Gasteiger partial charge in [-0.3, -0.25) is 0 Å². The summed E-state index contributed by atoms with van der Waals surface area (Å²) in [6, 6.07) is 0. The van der Waals surface area contributed by atoms with Crippen LogP contribution in [-0.2, 0) is 4.74 Å². The molecule has 0 spiro atoms. The molecule has 2 N–H and O–H groups in total. The Balaban J connectivity index is 1.86. The molecule has 2 rings (SSSR count). The van der Waals surface area contributed by atoms with Crippen LogP contribution < -0.4 is 15.2 Å². The Bertz CT molecular complexity index is 455. The van der Waals surface area contributed by atoms with Crippen molar-refractivity contribution in [2.75, 3.05) is 13.2 Å². The summed E-state index contributed by atoms with van der Waals surface area (Å²) in [5.74, 6) is 1.72. The van der Waals surface area contributed by atoms with Crippen LogP contribution >= 0.6 is 11.3 Å². The summed E-state index contributed by atoms with van der Waals surface area (Å²) in [7, 11) is 0. The zero-order chi connectivity index (χ0) is 15.5. The van der Waals surface area contributed by atoms with Crippen LogP contribution in [0.5, 0.6) is 11.5 Å². The van der Waals surface area contributed by atoms with Crippen molar-refractivity contribution >= 4 is 11.3 Å². The van der Waals surface area contributed by atoms with Crippen molar-refractivity contribution in [3.05, 3.63) is 10.8 Å². The lowest BCUT2D eigenvalue weighted by molar-refractivity contribution is -0.0732. The first-order chi connectivity index (χ1) is 9.81. The average molecular weight is 313 g/mol. The Morgan fingerprint density at radius 2 is 2.05 bits per heavy atom. The molecule has 0 fully saturated rings. The van der Waals surface area contributed by atoms with Gasteiger partial charge in [0.15, 0.2) is 11.5 Å². The molecule has 1 aromatic heterocycles. The number of nitrogens with two attached hydrogens (primary N) is 1. The number of hydrogen-bond acceptors (Lipinski definition) is 5. The van der Waals surface area contributed by atoms with E-state index in [0.717, 1.165) is 30.8 Å². The van der Waals surface area contributed by atoms with E-state index in [2.05, 4.69) is 13.8 Å². The Morgan fingerprint density at radius 1 is 1.33 bits per heavy atom. The van der Waals surface area contributed by atoms with E-state index in [9.17, 15) is 0 Å². The molecule has 21 heavy (non-hydrogen) atoms. The molecule has 0 radical (unpaired) electrons. The molecule has 1 aliphatic heterocycles. The summed E-state index contributed by atoms with van der Waals surface area (Å²) in [6.07, 6.45) is 2.65. The van der Waals surface area contributed by atoms with Crippen molar-refractivity contribution in [3.63, 3.8) is 0 Å². The topological polar surface area (TPSA) is 53.7 Å². The van der Waals surface area contributed by atoms with Gasteiger partial charge in [0.1, 0.15) is 12.7 Å². The number of hydrogen-bond donors (Lipinski definition) is 1. The average Bonchev–Trinajstić information content (AvgIpc) is 2.84. The maximum Gasteiger partial charge on any atom is 0.172 e. The standard InChI is InChI=1S/C16H27NO3S/c1-5-16(4,19-7-6-15(2,3)17)8-12-9-18-13-10-21-11-14(13)20-12/h10-12H,5-9,17H2,1-4H3. The van der Waals surface area contributed by atoms with Crippen LogP contribution in [0.25, 0.3) is 0 Å². The van der Waals surface area contributed by atoms with E-state index in [1.807, 2.05) is 24.6 Å². The summed E-state index contributed by atoms with van der Waals surface area (Å²) in [5.41, 5.74) is 5.62. The normalized spacial score (nSPS) is 21.1. The van der Waals surface area contributed by atoms with Crippen molar-refractivity contribution < 1.29 is 14.2 Å². The van der Waals surface area contributed by atoms with Gasteiger partial charge in [-0.2, -0.15) is 0 Å². The quantitative estimate of drug-likeness (QED) is 0.836. The molecule has 5 heteroatoms. The highest BCUT2D eigenvalue weighted by Crippen LogP contribution is 2.37. The first-order valence-corrected chi connectivity index (χ1v) is 8.54. The van der Waals surface area contributed by atoms with Gasteiger partial charge in [-0.25, -0.2) is 0 Å². The van der Waals surface area contributed by atoms with Crippen LogP contribution in [0, 0.1) is 0 Å². The van der Waals surface area contributed by atoms with Crippen molar-refractivity contribution in [2.24, 2.45) is 5.73 Å². The Kier molecular flexibility index (Phi) is 5.17. The summed E-state index contributed by atoms with van der Waals surface area (Å²) in [6.45, 7) is 9.60. The fourth-order valence-corrected chi connectivity index (χ4v) is 2.98. The van der Waals surface area contributed by atoms with Gasteiger partial charge in [0.2, 0.25) is 0 Å². The molecule has 2 unspecified atom stereocenters. The zero-order valence-electron chi connectivity index (χ0n) is 13.5. The highest BCUT2D eigenvalue weighted by atomic mass is 32.1. The number of thiophene rings is 1. The van der Waals surface area contributed by atoms with E-state index in [4.69, 9.17) is 19.9 Å². The minimum absolute atomic E-state index is 0.0444. The van der Waals surface area contributed by atoms with Crippen LogP contribution in [0.3, 0.4) is 0 Å². The van der Waals surface area contributed by atoms with Gasteiger partial charge >= 0.3 is 0 Å². The van der Waals surface area contributed by atoms with Crippen molar-refractivity contribution in [1.29, 1.82) is 0 Å². The molecule has 0 saturated carbocycles. The van der Waals surface area contributed by atoms with E-state index in [-0.39, 0.29) is 17.2 Å². The van der Waals surface area contributed by atoms with Crippen molar-refractivity contribution in [2.45, 2.75) is 64.2 Å². The Hall–Kier alpha value is -0.780. The summed E-state index contributed by atoms with van der Waals surface area (Å²) in [4.78, 5) is 0. The molecule has 0 amide bonds. The molecule has 0 aromatic carbocycles. The fraction of sp³-hybridized carbons (Fsp3) is 0.750. The number of fused-ring (bicyclic) bond motifs is 1. The minimum atomic E-state index is -0.202. The zero-order valence-corrected chi connectivity index (χ0v) is 14.3. The summed E-state index contributed by atoms with van der Waals surface area (Å²) < 4.78 is 17.8. The fourth-order valence-electron chi connectivity index (χ4n) is 2.31. The van der Waals surface area contributed by atoms with Crippen molar-refractivity contribution in [3.8, 4) is 11.5 Å². The SMILES string of the molecule is CCC(C)(CC1COc2cscc2O1)OCCC(C)(C)N. The molecule has 2 atom stereocenters. The van der Waals surface area contributed by atoms with Crippen LogP contribution in [0.2, 0.25) is 0 Å². The van der Waals surface area contributed by atoms with Gasteiger partial charge in [0.05, 0.1) is 5.60 Å². The molecule has 0 bridgehead atoms. The van der Waals surface area contributed by atoms with Crippen LogP contribution in [0.4, 0.5) is 0 Å². The number of rotatable bonds is 7. The van der Waals surface area contributed by atoms with E-state index in [1.165, 1.54) is 0 Å². The second-order valence-corrected chi connectivity index (χ2v) is 7.49. The highest BCUT2D eigenvalue weighted by molar-refractivity contribution is 7.08. The highest BCUT2D eigenvalue weighted by Gasteiger charge is 2.32. The molecular formula is C16H27NO3S. The van der Waals surface area contributed by atoms with Crippen LogP contribution in [0.15, 0.2) is 10.8 Å². The first kappa shape index (κ1) is 16.6. The predicted molar refractivity (Wildman–Crippen MR) is 86.4 cm³/mol. The largest absolute Gasteiger partial charge is 0.485 e. The second-order valence-electron chi connectivity index (χ2n) is 6.75. The molecule has 1 aromatic rings. The Labute approximate surface area is 131 Å². The van der Waals surface area contributed by atoms with E-state index in [1.54, 1.807) is 11.3 Å². The molecule has 2 heterocycles. The molecule has 4 nitrogen and oxygen atoms in total. The molecular weight excluding hydrogens is 286 g/mol. The first-order valence-electron chi connectivity index (χ1n) is 7.60. The molecule has 120 valence electrons. The van der Waals surface area contributed by atoms with E-state index in [0.29, 0.717) is 13.2 Å². The summed E-state index contributed by atoms with van der Waals surface area (Å²) in [5, 5.41) is 3.97. The van der Waals surface area contributed by atoms with Gasteiger partial charge in [0.25, 0.3) is 0 Å². The van der Waals surface area contributed by atoms with E-state index >= 15 is 0 Å². The third-order valence-corrected chi connectivity index (χ3v) is 4.62. The lowest BCUT2D eigenvalue weighted by atomic mass is 9.94. The second kappa shape index (κ2) is 6.55. The van der Waals surface area contributed by atoms with Gasteiger partial charge in [-0.1, -0.05) is 6.92 Å². The molecule has 0 aliphatic carbocycles. The van der Waals surface area contributed by atoms with E-state index < -0.39 is 0 Å². The lowest BCUT2D eigenvalue weighted by Crippen LogP contribution is -2.41. The van der Waals surface area contributed by atoms with Crippen molar-refractivity contribution in [1.82, 2.24) is 0 Å². The van der Waals surface area contributed by atoms with Gasteiger partial charge < -0.3 is 19.9 Å². The monoisotopic (exact) mass is 313 g/mol. The smallest absolute Gasteiger partial charge is 0.172 e. The maximum atomic E-state index is 6.11. The van der Waals surface area contributed by atoms with Crippen LogP contribution in [-0.4, -0.2) is 30.5 Å². The molecule has 1 aliphatic rings. The third-order valence-electron chi connectivity index (χ3n) is 3.92. The third kappa shape index (κ3) is 4.87. The van der Waals surface area contributed by atoms with Crippen LogP contribution in [0.1, 0.15) is 47.0 Å². The maximum absolute atomic E-state index is 6.11. The van der Waals surface area contributed by atoms with Gasteiger partial charge in [0, 0.05) is 29.3 Å². The lowest BCUT2D eigenvalue weighted by Gasteiger charge is -2.35. The Morgan fingerprint density at radius 3 is 2.71 bits per heavy atom. The minimum Gasteiger partial charge on any atom is -0.485 e. The predicted octanol–water partition coefficient (Wildman–Crippen LogP) is 3.59. The van der Waals surface area contributed by atoms with Gasteiger partial charge in [-0.15, -0.1) is 11.3 Å². The van der Waals surface area contributed by atoms with Gasteiger partial charge in [-0.05, 0) is 33.6 Å². The molecule has 0 saturated heterocycles.